The molecule has 0 aliphatic rings. The second-order valence-electron chi connectivity index (χ2n) is 6.70. The molecule has 0 bridgehead atoms. The van der Waals surface area contributed by atoms with Crippen LogP contribution in [0.2, 0.25) is 0 Å². The summed E-state index contributed by atoms with van der Waals surface area (Å²) < 4.78 is 36.9. The van der Waals surface area contributed by atoms with Crippen LogP contribution in [0.15, 0.2) is 47.4 Å². The van der Waals surface area contributed by atoms with E-state index < -0.39 is 10.0 Å². The highest BCUT2D eigenvalue weighted by Crippen LogP contribution is 2.27. The summed E-state index contributed by atoms with van der Waals surface area (Å²) in [6, 6.07) is 12.2. The number of benzene rings is 2. The van der Waals surface area contributed by atoms with Gasteiger partial charge in [-0.05, 0) is 41.8 Å². The van der Waals surface area contributed by atoms with Gasteiger partial charge in [-0.25, -0.2) is 8.42 Å². The number of hydrogen-bond acceptors (Lipinski definition) is 5. The topological polar surface area (TPSA) is 84.9 Å². The lowest BCUT2D eigenvalue weighted by Crippen LogP contribution is -2.30. The van der Waals surface area contributed by atoms with Crippen molar-refractivity contribution in [3.63, 3.8) is 0 Å². The number of carbonyl (C=O) groups excluding carboxylic acids is 1. The number of nitrogens with zero attached hydrogens (tertiary/aromatic N) is 1. The van der Waals surface area contributed by atoms with Gasteiger partial charge < -0.3 is 14.8 Å². The molecule has 164 valence electrons. The van der Waals surface area contributed by atoms with Crippen LogP contribution < -0.4 is 14.8 Å². The van der Waals surface area contributed by atoms with E-state index in [1.807, 2.05) is 26.0 Å². The standard InChI is InChI=1S/C22H30N2O5S/c1-5-24(6-2)30(26,27)19-11-7-17(8-12-19)10-14-22(25)23-16-18-9-13-20(28-3)21(15-18)29-4/h7-9,11-13,15H,5-6,10,14,16H2,1-4H3,(H,23,25). The number of sulfonamides is 1. The van der Waals surface area contributed by atoms with Crippen LogP contribution in [0.25, 0.3) is 0 Å². The molecule has 7 nitrogen and oxygen atoms in total. The third-order valence-electron chi connectivity index (χ3n) is 4.84. The molecule has 0 aliphatic carbocycles. The van der Waals surface area contributed by atoms with Crippen LogP contribution in [-0.2, 0) is 27.8 Å². The average Bonchev–Trinajstić information content (AvgIpc) is 2.76. The minimum Gasteiger partial charge on any atom is -0.493 e. The Bertz CT molecular complexity index is 939. The first-order valence-electron chi connectivity index (χ1n) is 9.92. The summed E-state index contributed by atoms with van der Waals surface area (Å²) in [5, 5.41) is 2.89. The Hall–Kier alpha value is -2.58. The van der Waals surface area contributed by atoms with E-state index in [4.69, 9.17) is 9.47 Å². The Morgan fingerprint density at radius 2 is 1.53 bits per heavy atom. The summed E-state index contributed by atoms with van der Waals surface area (Å²) in [6.45, 7) is 4.88. The molecule has 0 radical (unpaired) electrons. The minimum absolute atomic E-state index is 0.0791. The molecule has 0 saturated carbocycles. The molecule has 1 amide bonds. The molecule has 30 heavy (non-hydrogen) atoms. The number of rotatable bonds is 11. The van der Waals surface area contributed by atoms with Crippen LogP contribution in [0, 0.1) is 0 Å². The fourth-order valence-corrected chi connectivity index (χ4v) is 4.54. The van der Waals surface area contributed by atoms with Crippen LogP contribution in [-0.4, -0.2) is 45.9 Å². The third-order valence-corrected chi connectivity index (χ3v) is 6.91. The van der Waals surface area contributed by atoms with Gasteiger partial charge in [-0.15, -0.1) is 0 Å². The summed E-state index contributed by atoms with van der Waals surface area (Å²) in [4.78, 5) is 12.5. The minimum atomic E-state index is -3.46. The number of methoxy groups -OCH3 is 2. The maximum absolute atomic E-state index is 12.5. The molecule has 2 aromatic rings. The summed E-state index contributed by atoms with van der Waals surface area (Å²) in [5.74, 6) is 1.17. The maximum Gasteiger partial charge on any atom is 0.243 e. The Kier molecular flexibility index (Phi) is 8.68. The molecular weight excluding hydrogens is 404 g/mol. The van der Waals surface area contributed by atoms with Gasteiger partial charge >= 0.3 is 0 Å². The van der Waals surface area contributed by atoms with Crippen molar-refractivity contribution in [2.24, 2.45) is 0 Å². The molecule has 0 saturated heterocycles. The van der Waals surface area contributed by atoms with Crippen LogP contribution in [0.1, 0.15) is 31.4 Å². The van der Waals surface area contributed by atoms with E-state index >= 15 is 0 Å². The number of ether oxygens (including phenoxy) is 2. The first kappa shape index (κ1) is 23.7. The predicted octanol–water partition coefficient (Wildman–Crippen LogP) is 2.98. The molecule has 1 N–H and O–H groups in total. The van der Waals surface area contributed by atoms with Gasteiger partial charge in [0.25, 0.3) is 0 Å². The van der Waals surface area contributed by atoms with Gasteiger partial charge in [0.15, 0.2) is 11.5 Å². The average molecular weight is 435 g/mol. The lowest BCUT2D eigenvalue weighted by atomic mass is 10.1. The zero-order valence-electron chi connectivity index (χ0n) is 18.0. The van der Waals surface area contributed by atoms with E-state index in [2.05, 4.69) is 5.32 Å². The highest BCUT2D eigenvalue weighted by Gasteiger charge is 2.21. The molecule has 2 aromatic carbocycles. The largest absolute Gasteiger partial charge is 0.493 e. The van der Waals surface area contributed by atoms with Crippen molar-refractivity contribution in [2.45, 2.75) is 38.1 Å². The fraction of sp³-hybridized carbons (Fsp3) is 0.409. The Balaban J connectivity index is 1.89. The molecule has 0 spiro atoms. The lowest BCUT2D eigenvalue weighted by Gasteiger charge is -2.18. The predicted molar refractivity (Wildman–Crippen MR) is 116 cm³/mol. The van der Waals surface area contributed by atoms with Crippen molar-refractivity contribution >= 4 is 15.9 Å². The first-order valence-corrected chi connectivity index (χ1v) is 11.4. The van der Waals surface area contributed by atoms with Gasteiger partial charge in [0.05, 0.1) is 19.1 Å². The summed E-state index contributed by atoms with van der Waals surface area (Å²) in [7, 11) is -0.322. The quantitative estimate of drug-likeness (QED) is 0.588. The molecule has 8 heteroatoms. The van der Waals surface area contributed by atoms with Gasteiger partial charge in [0.2, 0.25) is 15.9 Å². The van der Waals surface area contributed by atoms with Crippen LogP contribution in [0.3, 0.4) is 0 Å². The van der Waals surface area contributed by atoms with Gasteiger partial charge in [-0.3, -0.25) is 4.79 Å². The number of carbonyl (C=O) groups is 1. The highest BCUT2D eigenvalue weighted by molar-refractivity contribution is 7.89. The normalized spacial score (nSPS) is 11.4. The van der Waals surface area contributed by atoms with E-state index in [9.17, 15) is 13.2 Å². The van der Waals surface area contributed by atoms with Gasteiger partial charge in [-0.1, -0.05) is 32.0 Å². The monoisotopic (exact) mass is 434 g/mol. The van der Waals surface area contributed by atoms with Crippen molar-refractivity contribution in [3.05, 3.63) is 53.6 Å². The molecular formula is C22H30N2O5S. The van der Waals surface area contributed by atoms with E-state index in [1.165, 1.54) is 4.31 Å². The zero-order chi connectivity index (χ0) is 22.1. The summed E-state index contributed by atoms with van der Waals surface area (Å²) >= 11 is 0. The summed E-state index contributed by atoms with van der Waals surface area (Å²) in [6.07, 6.45) is 0.846. The Morgan fingerprint density at radius 1 is 0.933 bits per heavy atom. The summed E-state index contributed by atoms with van der Waals surface area (Å²) in [5.41, 5.74) is 1.82. The van der Waals surface area contributed by atoms with Gasteiger partial charge in [-0.2, -0.15) is 4.31 Å². The second kappa shape index (κ2) is 11.0. The molecule has 0 aliphatic heterocycles. The second-order valence-corrected chi connectivity index (χ2v) is 8.64. The Labute approximate surface area is 179 Å². The number of aryl methyl sites for hydroxylation is 1. The molecule has 0 unspecified atom stereocenters. The SMILES string of the molecule is CCN(CC)S(=O)(=O)c1ccc(CCC(=O)NCc2ccc(OC)c(OC)c2)cc1. The molecule has 0 heterocycles. The molecule has 0 aromatic heterocycles. The number of hydrogen-bond donors (Lipinski definition) is 1. The van der Waals surface area contributed by atoms with Crippen molar-refractivity contribution in [1.82, 2.24) is 9.62 Å². The number of amides is 1. The van der Waals surface area contributed by atoms with Crippen molar-refractivity contribution < 1.29 is 22.7 Å². The van der Waals surface area contributed by atoms with Gasteiger partial charge in [0, 0.05) is 26.1 Å². The molecule has 0 atom stereocenters. The van der Waals surface area contributed by atoms with Gasteiger partial charge in [0.1, 0.15) is 0 Å². The van der Waals surface area contributed by atoms with E-state index in [0.717, 1.165) is 11.1 Å². The van der Waals surface area contributed by atoms with Crippen molar-refractivity contribution in [2.75, 3.05) is 27.3 Å². The first-order chi connectivity index (χ1) is 14.3. The molecule has 2 rings (SSSR count). The third kappa shape index (κ3) is 5.96. The Morgan fingerprint density at radius 3 is 2.10 bits per heavy atom. The number of nitrogens with one attached hydrogen (secondary N) is 1. The zero-order valence-corrected chi connectivity index (χ0v) is 18.8. The van der Waals surface area contributed by atoms with Crippen molar-refractivity contribution in [3.8, 4) is 11.5 Å². The van der Waals surface area contributed by atoms with E-state index in [1.54, 1.807) is 44.6 Å². The maximum atomic E-state index is 12.5. The highest BCUT2D eigenvalue weighted by atomic mass is 32.2. The van der Waals surface area contributed by atoms with E-state index in [0.29, 0.717) is 44.0 Å². The lowest BCUT2D eigenvalue weighted by molar-refractivity contribution is -0.121. The van der Waals surface area contributed by atoms with Crippen LogP contribution in [0.5, 0.6) is 11.5 Å². The van der Waals surface area contributed by atoms with Crippen molar-refractivity contribution in [1.29, 1.82) is 0 Å². The van der Waals surface area contributed by atoms with E-state index in [-0.39, 0.29) is 10.8 Å². The fourth-order valence-electron chi connectivity index (χ4n) is 3.08. The van der Waals surface area contributed by atoms with Crippen LogP contribution >= 0.6 is 0 Å². The molecule has 0 fully saturated rings. The van der Waals surface area contributed by atoms with Crippen LogP contribution in [0.4, 0.5) is 0 Å². The smallest absolute Gasteiger partial charge is 0.243 e.